The highest BCUT2D eigenvalue weighted by Crippen LogP contribution is 2.57. The zero-order chi connectivity index (χ0) is 18.7. The van der Waals surface area contributed by atoms with E-state index in [1.807, 2.05) is 44.7 Å². The van der Waals surface area contributed by atoms with Crippen LogP contribution < -0.4 is 5.32 Å². The van der Waals surface area contributed by atoms with Gasteiger partial charge in [0, 0.05) is 16.5 Å². The van der Waals surface area contributed by atoms with Gasteiger partial charge in [-0.15, -0.1) is 0 Å². The summed E-state index contributed by atoms with van der Waals surface area (Å²) < 4.78 is 0. The lowest BCUT2D eigenvalue weighted by molar-refractivity contribution is -0.143. The Morgan fingerprint density at radius 2 is 1.85 bits per heavy atom. The standard InChI is InChI=1S/C20H24N4O2/c1-12-5-7-13(8-6-12)17(25)21-16-14-11-24(18(26)19(2,3)4)20(9-10-20)15(14)22-23-16/h5-8H,9-11H2,1-4H3,(H2,21,22,23,25). The van der Waals surface area contributed by atoms with Crippen molar-refractivity contribution in [3.63, 3.8) is 0 Å². The number of hydrogen-bond acceptors (Lipinski definition) is 3. The van der Waals surface area contributed by atoms with E-state index in [1.54, 1.807) is 12.1 Å². The fourth-order valence-electron chi connectivity index (χ4n) is 3.65. The Morgan fingerprint density at radius 1 is 1.19 bits per heavy atom. The van der Waals surface area contributed by atoms with Crippen molar-refractivity contribution in [2.24, 2.45) is 5.41 Å². The molecular formula is C20H24N4O2. The molecule has 4 rings (SSSR count). The zero-order valence-corrected chi connectivity index (χ0v) is 15.6. The lowest BCUT2D eigenvalue weighted by Gasteiger charge is -2.31. The van der Waals surface area contributed by atoms with Crippen molar-refractivity contribution in [3.8, 4) is 0 Å². The number of rotatable bonds is 2. The number of fused-ring (bicyclic) bond motifs is 2. The van der Waals surface area contributed by atoms with Crippen LogP contribution in [0.25, 0.3) is 0 Å². The molecule has 2 amide bonds. The van der Waals surface area contributed by atoms with Gasteiger partial charge in [-0.3, -0.25) is 14.7 Å². The van der Waals surface area contributed by atoms with E-state index in [4.69, 9.17) is 0 Å². The summed E-state index contributed by atoms with van der Waals surface area (Å²) in [6, 6.07) is 7.42. The lowest BCUT2D eigenvalue weighted by atomic mass is 9.94. The summed E-state index contributed by atoms with van der Waals surface area (Å²) in [6.07, 6.45) is 1.88. The number of H-pyrrole nitrogens is 1. The second kappa shape index (κ2) is 5.43. The van der Waals surface area contributed by atoms with Crippen LogP contribution in [0.4, 0.5) is 5.82 Å². The van der Waals surface area contributed by atoms with E-state index in [0.29, 0.717) is 17.9 Å². The van der Waals surface area contributed by atoms with Crippen LogP contribution in [0.3, 0.4) is 0 Å². The first-order chi connectivity index (χ1) is 12.2. The Balaban J connectivity index is 1.59. The third-order valence-electron chi connectivity index (χ3n) is 5.32. The van der Waals surface area contributed by atoms with Gasteiger partial charge in [-0.2, -0.15) is 5.10 Å². The summed E-state index contributed by atoms with van der Waals surface area (Å²) in [6.45, 7) is 8.30. The number of amides is 2. The van der Waals surface area contributed by atoms with Gasteiger partial charge in [-0.1, -0.05) is 38.5 Å². The predicted molar refractivity (Wildman–Crippen MR) is 98.6 cm³/mol. The first-order valence-electron chi connectivity index (χ1n) is 9.00. The van der Waals surface area contributed by atoms with Gasteiger partial charge in [0.25, 0.3) is 5.91 Å². The second-order valence-corrected chi connectivity index (χ2v) is 8.42. The molecule has 1 aliphatic heterocycles. The molecule has 1 aromatic carbocycles. The van der Waals surface area contributed by atoms with E-state index in [0.717, 1.165) is 29.7 Å². The number of nitrogens with one attached hydrogen (secondary N) is 2. The molecule has 2 N–H and O–H groups in total. The summed E-state index contributed by atoms with van der Waals surface area (Å²) in [5, 5.41) is 10.3. The Bertz CT molecular complexity index is 886. The maximum absolute atomic E-state index is 12.9. The molecule has 6 nitrogen and oxygen atoms in total. The SMILES string of the molecule is Cc1ccc(C(=O)Nc2n[nH]c3c2CN(C(=O)C(C)(C)C)C32CC2)cc1. The first kappa shape index (κ1) is 16.8. The molecule has 6 heteroatoms. The molecule has 0 bridgehead atoms. The first-order valence-corrected chi connectivity index (χ1v) is 9.00. The molecule has 1 spiro atoms. The molecular weight excluding hydrogens is 328 g/mol. The molecule has 136 valence electrons. The van der Waals surface area contributed by atoms with Gasteiger partial charge in [0.05, 0.1) is 17.8 Å². The number of carbonyl (C=O) groups excluding carboxylic acids is 2. The van der Waals surface area contributed by atoms with Crippen molar-refractivity contribution in [2.75, 3.05) is 5.32 Å². The minimum Gasteiger partial charge on any atom is -0.326 e. The minimum absolute atomic E-state index is 0.135. The fourth-order valence-corrected chi connectivity index (χ4v) is 3.65. The zero-order valence-electron chi connectivity index (χ0n) is 15.6. The van der Waals surface area contributed by atoms with Gasteiger partial charge >= 0.3 is 0 Å². The van der Waals surface area contributed by atoms with Crippen LogP contribution in [-0.2, 0) is 16.9 Å². The third kappa shape index (κ3) is 2.52. The van der Waals surface area contributed by atoms with E-state index in [-0.39, 0.29) is 17.4 Å². The van der Waals surface area contributed by atoms with Gasteiger partial charge < -0.3 is 10.2 Å². The summed E-state index contributed by atoms with van der Waals surface area (Å²) in [7, 11) is 0. The van der Waals surface area contributed by atoms with E-state index in [2.05, 4.69) is 15.5 Å². The minimum atomic E-state index is -0.433. The second-order valence-electron chi connectivity index (χ2n) is 8.42. The number of benzene rings is 1. The lowest BCUT2D eigenvalue weighted by Crippen LogP contribution is -2.42. The highest BCUT2D eigenvalue weighted by molar-refractivity contribution is 6.04. The molecule has 1 fully saturated rings. The highest BCUT2D eigenvalue weighted by atomic mass is 16.2. The molecule has 1 saturated carbocycles. The van der Waals surface area contributed by atoms with Crippen LogP contribution in [0.15, 0.2) is 24.3 Å². The Labute approximate surface area is 153 Å². The van der Waals surface area contributed by atoms with Crippen molar-refractivity contribution in [1.29, 1.82) is 0 Å². The number of aromatic amines is 1. The van der Waals surface area contributed by atoms with E-state index < -0.39 is 5.41 Å². The number of aryl methyl sites for hydroxylation is 1. The van der Waals surface area contributed by atoms with Crippen molar-refractivity contribution in [3.05, 3.63) is 46.6 Å². The average molecular weight is 352 g/mol. The third-order valence-corrected chi connectivity index (χ3v) is 5.32. The molecule has 2 heterocycles. The molecule has 2 aromatic rings. The molecule has 0 saturated heterocycles. The molecule has 2 aliphatic rings. The largest absolute Gasteiger partial charge is 0.326 e. The average Bonchev–Trinajstić information content (AvgIpc) is 3.18. The van der Waals surface area contributed by atoms with Crippen molar-refractivity contribution >= 4 is 17.6 Å². The molecule has 1 aliphatic carbocycles. The van der Waals surface area contributed by atoms with Crippen LogP contribution >= 0.6 is 0 Å². The number of aromatic nitrogens is 2. The summed E-state index contributed by atoms with van der Waals surface area (Å²) in [5.74, 6) is 0.473. The number of anilines is 1. The fraction of sp³-hybridized carbons (Fsp3) is 0.450. The quantitative estimate of drug-likeness (QED) is 0.870. The number of nitrogens with zero attached hydrogens (tertiary/aromatic N) is 2. The van der Waals surface area contributed by atoms with Crippen LogP contribution in [-0.4, -0.2) is 26.9 Å². The van der Waals surface area contributed by atoms with Crippen LogP contribution in [0.2, 0.25) is 0 Å². The van der Waals surface area contributed by atoms with E-state index in [9.17, 15) is 9.59 Å². The van der Waals surface area contributed by atoms with Gasteiger partial charge in [0.2, 0.25) is 5.91 Å². The van der Waals surface area contributed by atoms with Gasteiger partial charge in [0.1, 0.15) is 0 Å². The van der Waals surface area contributed by atoms with Gasteiger partial charge in [-0.25, -0.2) is 0 Å². The smallest absolute Gasteiger partial charge is 0.256 e. The van der Waals surface area contributed by atoms with E-state index in [1.165, 1.54) is 0 Å². The Morgan fingerprint density at radius 3 is 2.42 bits per heavy atom. The van der Waals surface area contributed by atoms with Crippen LogP contribution in [0, 0.1) is 12.3 Å². The molecule has 1 aromatic heterocycles. The molecule has 0 unspecified atom stereocenters. The van der Waals surface area contributed by atoms with Crippen molar-refractivity contribution in [2.45, 2.75) is 52.6 Å². The van der Waals surface area contributed by atoms with Gasteiger partial charge in [0.15, 0.2) is 5.82 Å². The summed E-state index contributed by atoms with van der Waals surface area (Å²) in [4.78, 5) is 27.4. The monoisotopic (exact) mass is 352 g/mol. The molecule has 0 atom stereocenters. The van der Waals surface area contributed by atoms with Crippen LogP contribution in [0.1, 0.15) is 60.8 Å². The number of hydrogen-bond donors (Lipinski definition) is 2. The van der Waals surface area contributed by atoms with Crippen molar-refractivity contribution < 1.29 is 9.59 Å². The summed E-state index contributed by atoms with van der Waals surface area (Å²) in [5.41, 5.74) is 2.93. The maximum Gasteiger partial charge on any atom is 0.256 e. The topological polar surface area (TPSA) is 78.1 Å². The predicted octanol–water partition coefficient (Wildman–Crippen LogP) is 3.35. The van der Waals surface area contributed by atoms with E-state index >= 15 is 0 Å². The van der Waals surface area contributed by atoms with Crippen molar-refractivity contribution in [1.82, 2.24) is 15.1 Å². The normalized spacial score (nSPS) is 17.3. The van der Waals surface area contributed by atoms with Crippen LogP contribution in [0.5, 0.6) is 0 Å². The molecule has 0 radical (unpaired) electrons. The maximum atomic E-state index is 12.9. The Kier molecular flexibility index (Phi) is 3.51. The number of carbonyl (C=O) groups is 2. The highest BCUT2D eigenvalue weighted by Gasteiger charge is 2.59. The molecule has 26 heavy (non-hydrogen) atoms. The summed E-state index contributed by atoms with van der Waals surface area (Å²) >= 11 is 0. The van der Waals surface area contributed by atoms with Gasteiger partial charge in [-0.05, 0) is 31.9 Å². The Hall–Kier alpha value is -2.63.